The predicted molar refractivity (Wildman–Crippen MR) is 84.6 cm³/mol. The summed E-state index contributed by atoms with van der Waals surface area (Å²) in [5.74, 6) is 0.250. The number of nitrogens with two attached hydrogens (primary N) is 1. The Kier molecular flexibility index (Phi) is 8.15. The van der Waals surface area contributed by atoms with Gasteiger partial charge in [-0.1, -0.05) is 39.5 Å². The minimum absolute atomic E-state index is 0.000306. The first-order chi connectivity index (χ1) is 9.56. The zero-order valence-corrected chi connectivity index (χ0v) is 13.5. The summed E-state index contributed by atoms with van der Waals surface area (Å²) in [6.45, 7) is 5.89. The Balaban J connectivity index is 2.13. The van der Waals surface area contributed by atoms with Crippen LogP contribution in [0.4, 0.5) is 0 Å². The number of rotatable bonds is 8. The van der Waals surface area contributed by atoms with Gasteiger partial charge in [-0.2, -0.15) is 0 Å². The lowest BCUT2D eigenvalue weighted by atomic mass is 9.94. The summed E-state index contributed by atoms with van der Waals surface area (Å²) in [5.41, 5.74) is 5.91. The SMILES string of the molecule is CCC(C)C(N)C(=O)NCCCN(C)C1CCCCC1. The van der Waals surface area contributed by atoms with Crippen molar-refractivity contribution in [3.05, 3.63) is 0 Å². The number of amides is 1. The molecular weight excluding hydrogens is 250 g/mol. The molecule has 4 heteroatoms. The summed E-state index contributed by atoms with van der Waals surface area (Å²) in [4.78, 5) is 14.3. The van der Waals surface area contributed by atoms with Crippen molar-refractivity contribution in [2.45, 2.75) is 70.9 Å². The summed E-state index contributed by atoms with van der Waals surface area (Å²) in [6, 6.07) is 0.387. The Bertz CT molecular complexity index is 277. The van der Waals surface area contributed by atoms with E-state index < -0.39 is 0 Å². The fourth-order valence-corrected chi connectivity index (χ4v) is 2.87. The fourth-order valence-electron chi connectivity index (χ4n) is 2.87. The summed E-state index contributed by atoms with van der Waals surface area (Å²) in [6.07, 6.45) is 8.76. The van der Waals surface area contributed by atoms with Gasteiger partial charge in [-0.15, -0.1) is 0 Å². The zero-order valence-electron chi connectivity index (χ0n) is 13.5. The molecule has 0 aromatic carbocycles. The molecule has 0 saturated heterocycles. The van der Waals surface area contributed by atoms with Gasteiger partial charge in [0.15, 0.2) is 0 Å². The van der Waals surface area contributed by atoms with E-state index in [9.17, 15) is 4.79 Å². The van der Waals surface area contributed by atoms with Crippen LogP contribution in [0.15, 0.2) is 0 Å². The van der Waals surface area contributed by atoms with E-state index in [2.05, 4.69) is 24.2 Å². The number of carbonyl (C=O) groups is 1. The van der Waals surface area contributed by atoms with Crippen LogP contribution in [0.2, 0.25) is 0 Å². The van der Waals surface area contributed by atoms with Crippen LogP contribution >= 0.6 is 0 Å². The van der Waals surface area contributed by atoms with Crippen LogP contribution in [-0.4, -0.2) is 43.0 Å². The monoisotopic (exact) mass is 283 g/mol. The van der Waals surface area contributed by atoms with Gasteiger partial charge in [-0.05, 0) is 38.8 Å². The molecule has 1 amide bonds. The van der Waals surface area contributed by atoms with Gasteiger partial charge in [0.1, 0.15) is 0 Å². The molecule has 1 saturated carbocycles. The number of hydrogen-bond donors (Lipinski definition) is 2. The second-order valence-corrected chi connectivity index (χ2v) is 6.33. The Morgan fingerprint density at radius 2 is 2.00 bits per heavy atom. The van der Waals surface area contributed by atoms with Gasteiger partial charge in [-0.25, -0.2) is 0 Å². The number of hydrogen-bond acceptors (Lipinski definition) is 3. The molecule has 1 aliphatic carbocycles. The van der Waals surface area contributed by atoms with Crippen molar-refractivity contribution in [1.29, 1.82) is 0 Å². The first-order valence-corrected chi connectivity index (χ1v) is 8.29. The Hall–Kier alpha value is -0.610. The highest BCUT2D eigenvalue weighted by molar-refractivity contribution is 5.81. The van der Waals surface area contributed by atoms with Crippen LogP contribution in [0.5, 0.6) is 0 Å². The van der Waals surface area contributed by atoms with Gasteiger partial charge in [0.25, 0.3) is 0 Å². The molecule has 20 heavy (non-hydrogen) atoms. The van der Waals surface area contributed by atoms with E-state index in [-0.39, 0.29) is 17.9 Å². The van der Waals surface area contributed by atoms with Crippen molar-refractivity contribution in [3.8, 4) is 0 Å². The third kappa shape index (κ3) is 5.80. The molecule has 4 nitrogen and oxygen atoms in total. The number of carbonyl (C=O) groups excluding carboxylic acids is 1. The molecule has 0 aromatic heterocycles. The van der Waals surface area contributed by atoms with E-state index in [4.69, 9.17) is 5.73 Å². The van der Waals surface area contributed by atoms with Crippen LogP contribution in [0.1, 0.15) is 58.8 Å². The van der Waals surface area contributed by atoms with Crippen molar-refractivity contribution >= 4 is 5.91 Å². The molecule has 2 unspecified atom stereocenters. The molecule has 0 radical (unpaired) electrons. The van der Waals surface area contributed by atoms with Crippen LogP contribution < -0.4 is 11.1 Å². The standard InChI is InChI=1S/C16H33N3O/c1-4-13(2)15(17)16(20)18-11-8-12-19(3)14-9-6-5-7-10-14/h13-15H,4-12,17H2,1-3H3,(H,18,20). The second-order valence-electron chi connectivity index (χ2n) is 6.33. The molecule has 2 atom stereocenters. The lowest BCUT2D eigenvalue weighted by molar-refractivity contribution is -0.123. The maximum atomic E-state index is 11.8. The molecule has 1 aliphatic rings. The van der Waals surface area contributed by atoms with Crippen molar-refractivity contribution in [2.24, 2.45) is 11.7 Å². The fraction of sp³-hybridized carbons (Fsp3) is 0.938. The van der Waals surface area contributed by atoms with Gasteiger partial charge in [0.05, 0.1) is 6.04 Å². The highest BCUT2D eigenvalue weighted by Gasteiger charge is 2.19. The maximum Gasteiger partial charge on any atom is 0.237 e. The molecule has 0 aliphatic heterocycles. The maximum absolute atomic E-state index is 11.8. The normalized spacial score (nSPS) is 19.9. The van der Waals surface area contributed by atoms with E-state index in [1.54, 1.807) is 0 Å². The minimum Gasteiger partial charge on any atom is -0.355 e. The van der Waals surface area contributed by atoms with Gasteiger partial charge >= 0.3 is 0 Å². The lowest BCUT2D eigenvalue weighted by Crippen LogP contribution is -2.45. The molecule has 0 bridgehead atoms. The van der Waals surface area contributed by atoms with Gasteiger partial charge < -0.3 is 16.0 Å². The molecule has 0 heterocycles. The average Bonchev–Trinajstić information content (AvgIpc) is 2.50. The Morgan fingerprint density at radius 1 is 1.35 bits per heavy atom. The van der Waals surface area contributed by atoms with Gasteiger partial charge in [0, 0.05) is 12.6 Å². The van der Waals surface area contributed by atoms with Crippen molar-refractivity contribution < 1.29 is 4.79 Å². The van der Waals surface area contributed by atoms with Crippen molar-refractivity contribution in [3.63, 3.8) is 0 Å². The molecule has 3 N–H and O–H groups in total. The molecule has 0 aromatic rings. The molecule has 0 spiro atoms. The van der Waals surface area contributed by atoms with E-state index in [1.165, 1.54) is 32.1 Å². The Morgan fingerprint density at radius 3 is 2.60 bits per heavy atom. The van der Waals surface area contributed by atoms with E-state index in [0.717, 1.165) is 32.0 Å². The molecular formula is C16H33N3O. The smallest absolute Gasteiger partial charge is 0.237 e. The molecule has 1 rings (SSSR count). The highest BCUT2D eigenvalue weighted by Crippen LogP contribution is 2.21. The van der Waals surface area contributed by atoms with Gasteiger partial charge in [-0.3, -0.25) is 4.79 Å². The van der Waals surface area contributed by atoms with Crippen LogP contribution in [0, 0.1) is 5.92 Å². The topological polar surface area (TPSA) is 58.4 Å². The minimum atomic E-state index is -0.365. The third-order valence-electron chi connectivity index (χ3n) is 4.74. The summed E-state index contributed by atoms with van der Waals surface area (Å²) in [5, 5.41) is 2.97. The number of nitrogens with zero attached hydrogens (tertiary/aromatic N) is 1. The highest BCUT2D eigenvalue weighted by atomic mass is 16.2. The van der Waals surface area contributed by atoms with Gasteiger partial charge in [0.2, 0.25) is 5.91 Å². The first-order valence-electron chi connectivity index (χ1n) is 8.29. The van der Waals surface area contributed by atoms with E-state index in [0.29, 0.717) is 0 Å². The summed E-state index contributed by atoms with van der Waals surface area (Å²) >= 11 is 0. The lowest BCUT2D eigenvalue weighted by Gasteiger charge is -2.31. The van der Waals surface area contributed by atoms with Crippen molar-refractivity contribution in [1.82, 2.24) is 10.2 Å². The first kappa shape index (κ1) is 17.4. The Labute approximate surface area is 124 Å². The molecule has 118 valence electrons. The quantitative estimate of drug-likeness (QED) is 0.671. The van der Waals surface area contributed by atoms with Crippen LogP contribution in [0.3, 0.4) is 0 Å². The average molecular weight is 283 g/mol. The van der Waals surface area contributed by atoms with E-state index in [1.807, 2.05) is 6.92 Å². The summed E-state index contributed by atoms with van der Waals surface area (Å²) in [7, 11) is 2.21. The van der Waals surface area contributed by atoms with Crippen LogP contribution in [-0.2, 0) is 4.79 Å². The number of nitrogens with one attached hydrogen (secondary N) is 1. The third-order valence-corrected chi connectivity index (χ3v) is 4.74. The second kappa shape index (κ2) is 9.35. The van der Waals surface area contributed by atoms with E-state index >= 15 is 0 Å². The largest absolute Gasteiger partial charge is 0.355 e. The predicted octanol–water partition coefficient (Wildman–Crippen LogP) is 2.13. The zero-order chi connectivity index (χ0) is 15.0. The van der Waals surface area contributed by atoms with Crippen molar-refractivity contribution in [2.75, 3.05) is 20.1 Å². The molecule has 1 fully saturated rings. The van der Waals surface area contributed by atoms with Crippen LogP contribution in [0.25, 0.3) is 0 Å². The summed E-state index contributed by atoms with van der Waals surface area (Å²) < 4.78 is 0.